The molecule has 0 N–H and O–H groups in total. The molecule has 0 atom stereocenters. The van der Waals surface area contributed by atoms with Crippen LogP contribution >= 0.6 is 11.6 Å². The van der Waals surface area contributed by atoms with Gasteiger partial charge in [0.1, 0.15) is 0 Å². The first kappa shape index (κ1) is 18.5. The third-order valence-corrected chi connectivity index (χ3v) is 5.30. The zero-order valence-electron chi connectivity index (χ0n) is 15.6. The van der Waals surface area contributed by atoms with Crippen molar-refractivity contribution in [3.05, 3.63) is 64.9 Å². The van der Waals surface area contributed by atoms with Crippen molar-refractivity contribution < 1.29 is 9.32 Å². The van der Waals surface area contributed by atoms with E-state index in [-0.39, 0.29) is 12.3 Å². The molecule has 0 saturated carbocycles. The van der Waals surface area contributed by atoms with Crippen LogP contribution in [0.2, 0.25) is 5.02 Å². The molecule has 1 aromatic heterocycles. The number of aryl methyl sites for hydroxylation is 1. The van der Waals surface area contributed by atoms with Crippen LogP contribution in [0, 0.1) is 6.92 Å². The Kier molecular flexibility index (Phi) is 5.30. The third-order valence-electron chi connectivity index (χ3n) is 4.97. The highest BCUT2D eigenvalue weighted by Gasteiger charge is 2.23. The number of piperazine rings is 1. The summed E-state index contributed by atoms with van der Waals surface area (Å²) in [5.41, 5.74) is 3.15. The smallest absolute Gasteiger partial charge is 0.259 e. The number of halogens is 1. The first-order valence-electron chi connectivity index (χ1n) is 9.27. The highest BCUT2D eigenvalue weighted by Crippen LogP contribution is 2.26. The molecule has 3 aromatic rings. The van der Waals surface area contributed by atoms with Crippen LogP contribution in [0.15, 0.2) is 53.1 Å². The van der Waals surface area contributed by atoms with Crippen molar-refractivity contribution in [2.24, 2.45) is 0 Å². The summed E-state index contributed by atoms with van der Waals surface area (Å²) in [4.78, 5) is 21.2. The fourth-order valence-electron chi connectivity index (χ4n) is 3.43. The van der Waals surface area contributed by atoms with E-state index in [1.165, 1.54) is 11.3 Å². The highest BCUT2D eigenvalue weighted by atomic mass is 35.5. The van der Waals surface area contributed by atoms with E-state index < -0.39 is 0 Å². The predicted octanol–water partition coefficient (Wildman–Crippen LogP) is 3.59. The summed E-state index contributed by atoms with van der Waals surface area (Å²) in [6.45, 7) is 5.10. The summed E-state index contributed by atoms with van der Waals surface area (Å²) in [5.74, 6) is 0.718. The van der Waals surface area contributed by atoms with E-state index in [9.17, 15) is 4.79 Å². The number of carbonyl (C=O) groups excluding carboxylic acids is 1. The number of carbonyl (C=O) groups is 1. The fourth-order valence-corrected chi connectivity index (χ4v) is 3.65. The maximum atomic E-state index is 12.7. The van der Waals surface area contributed by atoms with Gasteiger partial charge in [0.15, 0.2) is 5.82 Å². The van der Waals surface area contributed by atoms with E-state index in [4.69, 9.17) is 16.1 Å². The summed E-state index contributed by atoms with van der Waals surface area (Å²) >= 11 is 6.16. The van der Waals surface area contributed by atoms with Crippen LogP contribution in [-0.2, 0) is 11.2 Å². The van der Waals surface area contributed by atoms with Gasteiger partial charge in [0.25, 0.3) is 5.89 Å². The molecule has 2 aromatic carbocycles. The summed E-state index contributed by atoms with van der Waals surface area (Å²) in [6, 6.07) is 15.6. The molecule has 1 aliphatic rings. The van der Waals surface area contributed by atoms with Crippen molar-refractivity contribution >= 4 is 23.2 Å². The first-order valence-corrected chi connectivity index (χ1v) is 9.65. The number of anilines is 1. The molecule has 0 spiro atoms. The van der Waals surface area contributed by atoms with Gasteiger partial charge < -0.3 is 14.3 Å². The van der Waals surface area contributed by atoms with Crippen LogP contribution in [0.5, 0.6) is 0 Å². The van der Waals surface area contributed by atoms with E-state index in [0.29, 0.717) is 35.4 Å². The molecule has 6 nitrogen and oxygen atoms in total. The number of para-hydroxylation sites is 1. The van der Waals surface area contributed by atoms with Crippen molar-refractivity contribution in [3.8, 4) is 11.5 Å². The van der Waals surface area contributed by atoms with Crippen molar-refractivity contribution in [1.29, 1.82) is 0 Å². The Labute approximate surface area is 168 Å². The summed E-state index contributed by atoms with van der Waals surface area (Å²) < 4.78 is 5.28. The molecule has 7 heteroatoms. The lowest BCUT2D eigenvalue weighted by molar-refractivity contribution is -0.130. The molecule has 1 saturated heterocycles. The zero-order chi connectivity index (χ0) is 19.5. The lowest BCUT2D eigenvalue weighted by Gasteiger charge is -2.36. The maximum absolute atomic E-state index is 12.7. The van der Waals surface area contributed by atoms with Gasteiger partial charge in [0.2, 0.25) is 5.91 Å². The van der Waals surface area contributed by atoms with Crippen LogP contribution in [0.4, 0.5) is 5.69 Å². The number of rotatable bonds is 4. The molecular weight excluding hydrogens is 376 g/mol. The van der Waals surface area contributed by atoms with E-state index >= 15 is 0 Å². The van der Waals surface area contributed by atoms with Crippen LogP contribution in [0.1, 0.15) is 11.4 Å². The number of hydrogen-bond donors (Lipinski definition) is 0. The number of hydrogen-bond acceptors (Lipinski definition) is 5. The van der Waals surface area contributed by atoms with Crippen LogP contribution in [-0.4, -0.2) is 47.1 Å². The fraction of sp³-hybridized carbons (Fsp3) is 0.286. The van der Waals surface area contributed by atoms with Gasteiger partial charge in [-0.3, -0.25) is 4.79 Å². The second kappa shape index (κ2) is 8.02. The minimum Gasteiger partial charge on any atom is -0.368 e. The molecule has 144 valence electrons. The SMILES string of the molecule is Cc1ccccc1N1CCN(C(=O)Cc2noc(-c3ccccc3Cl)n2)CC1. The monoisotopic (exact) mass is 396 g/mol. The molecule has 2 heterocycles. The molecule has 1 amide bonds. The normalized spacial score (nSPS) is 14.4. The van der Waals surface area contributed by atoms with E-state index in [1.54, 1.807) is 6.07 Å². The van der Waals surface area contributed by atoms with Crippen molar-refractivity contribution in [2.45, 2.75) is 13.3 Å². The third kappa shape index (κ3) is 3.87. The second-order valence-corrected chi connectivity index (χ2v) is 7.23. The van der Waals surface area contributed by atoms with Gasteiger partial charge in [0.05, 0.1) is 17.0 Å². The van der Waals surface area contributed by atoms with Crippen molar-refractivity contribution in [1.82, 2.24) is 15.0 Å². The van der Waals surface area contributed by atoms with E-state index in [0.717, 1.165) is 13.1 Å². The van der Waals surface area contributed by atoms with E-state index in [1.807, 2.05) is 35.2 Å². The van der Waals surface area contributed by atoms with Gasteiger partial charge in [-0.15, -0.1) is 0 Å². The molecule has 1 aliphatic heterocycles. The molecule has 28 heavy (non-hydrogen) atoms. The average Bonchev–Trinajstić information content (AvgIpc) is 3.17. The molecule has 0 radical (unpaired) electrons. The largest absolute Gasteiger partial charge is 0.368 e. The number of nitrogens with zero attached hydrogens (tertiary/aromatic N) is 4. The van der Waals surface area contributed by atoms with Gasteiger partial charge in [0, 0.05) is 31.9 Å². The molecule has 1 fully saturated rings. The number of benzene rings is 2. The van der Waals surface area contributed by atoms with E-state index in [2.05, 4.69) is 34.1 Å². The van der Waals surface area contributed by atoms with Gasteiger partial charge in [-0.2, -0.15) is 4.98 Å². The Hall–Kier alpha value is -2.86. The Bertz CT molecular complexity index is 980. The standard InChI is InChI=1S/C21H21ClN4O2/c1-15-6-2-5-9-18(15)25-10-12-26(13-11-25)20(27)14-19-23-21(28-24-19)16-7-3-4-8-17(16)22/h2-9H,10-14H2,1H3. The molecule has 0 unspecified atom stereocenters. The highest BCUT2D eigenvalue weighted by molar-refractivity contribution is 6.33. The van der Waals surface area contributed by atoms with Crippen molar-refractivity contribution in [2.75, 3.05) is 31.1 Å². The van der Waals surface area contributed by atoms with Crippen LogP contribution in [0.3, 0.4) is 0 Å². The Morgan fingerprint density at radius 2 is 1.79 bits per heavy atom. The van der Waals surface area contributed by atoms with Gasteiger partial charge in [-0.1, -0.05) is 47.1 Å². The minimum atomic E-state index is 0.0101. The van der Waals surface area contributed by atoms with Crippen LogP contribution in [0.25, 0.3) is 11.5 Å². The quantitative estimate of drug-likeness (QED) is 0.674. The second-order valence-electron chi connectivity index (χ2n) is 6.83. The van der Waals surface area contributed by atoms with Gasteiger partial charge in [-0.05, 0) is 30.7 Å². The maximum Gasteiger partial charge on any atom is 0.259 e. The Morgan fingerprint density at radius 1 is 1.07 bits per heavy atom. The number of amides is 1. The lowest BCUT2D eigenvalue weighted by atomic mass is 10.1. The summed E-state index contributed by atoms with van der Waals surface area (Å²) in [5, 5.41) is 4.48. The van der Waals surface area contributed by atoms with Crippen LogP contribution < -0.4 is 4.90 Å². The Balaban J connectivity index is 1.37. The first-order chi connectivity index (χ1) is 13.6. The average molecular weight is 397 g/mol. The van der Waals surface area contributed by atoms with Gasteiger partial charge >= 0.3 is 0 Å². The van der Waals surface area contributed by atoms with Crippen molar-refractivity contribution in [3.63, 3.8) is 0 Å². The zero-order valence-corrected chi connectivity index (χ0v) is 16.4. The molecule has 4 rings (SSSR count). The lowest BCUT2D eigenvalue weighted by Crippen LogP contribution is -2.49. The molecular formula is C21H21ClN4O2. The minimum absolute atomic E-state index is 0.0101. The Morgan fingerprint density at radius 3 is 2.54 bits per heavy atom. The number of aromatic nitrogens is 2. The summed E-state index contributed by atoms with van der Waals surface area (Å²) in [6.07, 6.45) is 0.123. The summed E-state index contributed by atoms with van der Waals surface area (Å²) in [7, 11) is 0. The van der Waals surface area contributed by atoms with Gasteiger partial charge in [-0.25, -0.2) is 0 Å². The predicted molar refractivity (Wildman–Crippen MR) is 108 cm³/mol. The topological polar surface area (TPSA) is 62.5 Å². The molecule has 0 bridgehead atoms. The molecule has 0 aliphatic carbocycles.